The van der Waals surface area contributed by atoms with Gasteiger partial charge < -0.3 is 15.1 Å². The highest BCUT2D eigenvalue weighted by Crippen LogP contribution is 2.20. The summed E-state index contributed by atoms with van der Waals surface area (Å²) < 4.78 is 5.65. The predicted molar refractivity (Wildman–Crippen MR) is 71.0 cm³/mol. The molecule has 98 valence electrons. The van der Waals surface area contributed by atoms with Crippen LogP contribution in [0.4, 0.5) is 0 Å². The van der Waals surface area contributed by atoms with Crippen molar-refractivity contribution >= 4 is 0 Å². The summed E-state index contributed by atoms with van der Waals surface area (Å²) in [6, 6.07) is 4.20. The smallest absolute Gasteiger partial charge is 0.122 e. The first-order valence-corrected chi connectivity index (χ1v) is 6.16. The maximum absolute atomic E-state index is 5.83. The molecule has 0 aromatic carbocycles. The van der Waals surface area contributed by atoms with Crippen LogP contribution in [0.2, 0.25) is 0 Å². The molecule has 4 heteroatoms. The summed E-state index contributed by atoms with van der Waals surface area (Å²) in [4.78, 5) is 4.46. The lowest BCUT2D eigenvalue weighted by Crippen LogP contribution is -2.32. The number of hydrogen-bond acceptors (Lipinski definition) is 4. The van der Waals surface area contributed by atoms with Crippen molar-refractivity contribution in [2.45, 2.75) is 19.4 Å². The monoisotopic (exact) mass is 239 g/mol. The molecular formula is C13H25N3O. The van der Waals surface area contributed by atoms with Crippen LogP contribution in [0.5, 0.6) is 0 Å². The number of nitrogens with two attached hydrogens (primary N) is 1. The second-order valence-corrected chi connectivity index (χ2v) is 4.84. The molecule has 0 aliphatic carbocycles. The van der Waals surface area contributed by atoms with Crippen LogP contribution in [0.1, 0.15) is 24.0 Å². The van der Waals surface area contributed by atoms with Gasteiger partial charge in [0.2, 0.25) is 0 Å². The summed E-state index contributed by atoms with van der Waals surface area (Å²) >= 11 is 0. The van der Waals surface area contributed by atoms with Crippen LogP contribution in [-0.4, -0.2) is 50.6 Å². The Kier molecular flexibility index (Phi) is 5.68. The lowest BCUT2D eigenvalue weighted by molar-refractivity contribution is 0.208. The number of furan rings is 1. The van der Waals surface area contributed by atoms with Crippen molar-refractivity contribution in [1.82, 2.24) is 9.80 Å². The molecule has 1 rings (SSSR count). The van der Waals surface area contributed by atoms with Crippen LogP contribution in [-0.2, 0) is 0 Å². The first-order valence-electron chi connectivity index (χ1n) is 6.16. The summed E-state index contributed by atoms with van der Waals surface area (Å²) in [5.74, 6) is 1.91. The minimum absolute atomic E-state index is 0.186. The van der Waals surface area contributed by atoms with Gasteiger partial charge in [-0.05, 0) is 59.7 Å². The zero-order valence-corrected chi connectivity index (χ0v) is 11.4. The molecule has 1 aromatic rings. The molecule has 0 bridgehead atoms. The topological polar surface area (TPSA) is 45.6 Å². The zero-order valence-electron chi connectivity index (χ0n) is 11.4. The number of likely N-dealkylation sites (N-methyl/N-ethyl adjacent to an activating group) is 1. The third-order valence-electron chi connectivity index (χ3n) is 2.96. The van der Waals surface area contributed by atoms with E-state index in [1.165, 1.54) is 0 Å². The van der Waals surface area contributed by atoms with E-state index in [-0.39, 0.29) is 6.04 Å². The van der Waals surface area contributed by atoms with Crippen LogP contribution in [0.25, 0.3) is 0 Å². The molecule has 0 fully saturated rings. The number of nitrogens with zero attached hydrogens (tertiary/aromatic N) is 2. The van der Waals surface area contributed by atoms with Gasteiger partial charge in [-0.2, -0.15) is 0 Å². The Morgan fingerprint density at radius 3 is 2.41 bits per heavy atom. The van der Waals surface area contributed by atoms with Crippen LogP contribution in [0, 0.1) is 6.92 Å². The molecule has 0 aliphatic heterocycles. The number of rotatable bonds is 7. The predicted octanol–water partition coefficient (Wildman–Crippen LogP) is 1.47. The molecule has 1 aromatic heterocycles. The third-order valence-corrected chi connectivity index (χ3v) is 2.96. The molecule has 4 nitrogen and oxygen atoms in total. The van der Waals surface area contributed by atoms with E-state index in [9.17, 15) is 0 Å². The van der Waals surface area contributed by atoms with Crippen molar-refractivity contribution in [3.63, 3.8) is 0 Å². The third kappa shape index (κ3) is 4.50. The van der Waals surface area contributed by atoms with Gasteiger partial charge in [0.05, 0.1) is 6.04 Å². The van der Waals surface area contributed by atoms with E-state index >= 15 is 0 Å². The van der Waals surface area contributed by atoms with Crippen molar-refractivity contribution < 1.29 is 4.42 Å². The van der Waals surface area contributed by atoms with E-state index < -0.39 is 0 Å². The van der Waals surface area contributed by atoms with Crippen LogP contribution >= 0.6 is 0 Å². The van der Waals surface area contributed by atoms with Crippen molar-refractivity contribution in [3.05, 3.63) is 23.7 Å². The molecule has 1 atom stereocenters. The Bertz CT molecular complexity index is 322. The summed E-state index contributed by atoms with van der Waals surface area (Å²) in [5, 5.41) is 0. The van der Waals surface area contributed by atoms with E-state index in [1.54, 1.807) is 0 Å². The van der Waals surface area contributed by atoms with Crippen LogP contribution in [0.15, 0.2) is 16.5 Å². The molecule has 0 saturated heterocycles. The van der Waals surface area contributed by atoms with E-state index in [1.807, 2.05) is 19.1 Å². The van der Waals surface area contributed by atoms with Gasteiger partial charge in [0.1, 0.15) is 11.5 Å². The highest BCUT2D eigenvalue weighted by atomic mass is 16.3. The Hall–Kier alpha value is -0.840. The summed E-state index contributed by atoms with van der Waals surface area (Å²) in [6.07, 6.45) is 1.14. The Labute approximate surface area is 104 Å². The minimum Gasteiger partial charge on any atom is -0.465 e. The molecule has 0 saturated carbocycles. The van der Waals surface area contributed by atoms with Gasteiger partial charge in [-0.3, -0.25) is 4.90 Å². The van der Waals surface area contributed by atoms with Crippen LogP contribution in [0.3, 0.4) is 0 Å². The first-order chi connectivity index (χ1) is 8.04. The fourth-order valence-corrected chi connectivity index (χ4v) is 1.94. The highest BCUT2D eigenvalue weighted by molar-refractivity contribution is 5.10. The number of hydrogen-bond donors (Lipinski definition) is 1. The van der Waals surface area contributed by atoms with E-state index in [0.29, 0.717) is 6.54 Å². The molecule has 1 heterocycles. The quantitative estimate of drug-likeness (QED) is 0.782. The van der Waals surface area contributed by atoms with Gasteiger partial charge >= 0.3 is 0 Å². The van der Waals surface area contributed by atoms with E-state index in [4.69, 9.17) is 10.2 Å². The second kappa shape index (κ2) is 6.79. The number of aryl methyl sites for hydroxylation is 1. The van der Waals surface area contributed by atoms with Gasteiger partial charge in [-0.1, -0.05) is 0 Å². The summed E-state index contributed by atoms with van der Waals surface area (Å²) in [7, 11) is 6.29. The zero-order chi connectivity index (χ0) is 12.8. The Morgan fingerprint density at radius 1 is 1.24 bits per heavy atom. The fourth-order valence-electron chi connectivity index (χ4n) is 1.94. The van der Waals surface area contributed by atoms with E-state index in [0.717, 1.165) is 31.0 Å². The van der Waals surface area contributed by atoms with Gasteiger partial charge in [0.15, 0.2) is 0 Å². The van der Waals surface area contributed by atoms with Gasteiger partial charge in [-0.15, -0.1) is 0 Å². The second-order valence-electron chi connectivity index (χ2n) is 4.84. The standard InChI is InChI=1S/C13H25N3O/c1-11-6-7-13(17-11)12(10-14)16(4)9-5-8-15(2)3/h6-7,12H,5,8-10,14H2,1-4H3. The van der Waals surface area contributed by atoms with Crippen molar-refractivity contribution in [3.8, 4) is 0 Å². The average Bonchev–Trinajstić information content (AvgIpc) is 2.65. The molecule has 0 amide bonds. The largest absolute Gasteiger partial charge is 0.465 e. The Morgan fingerprint density at radius 2 is 1.94 bits per heavy atom. The average molecular weight is 239 g/mol. The van der Waals surface area contributed by atoms with Gasteiger partial charge in [0.25, 0.3) is 0 Å². The lowest BCUT2D eigenvalue weighted by Gasteiger charge is -2.25. The Balaban J connectivity index is 2.49. The van der Waals surface area contributed by atoms with Crippen molar-refractivity contribution in [2.75, 3.05) is 40.8 Å². The molecular weight excluding hydrogens is 214 g/mol. The van der Waals surface area contributed by atoms with Crippen molar-refractivity contribution in [1.29, 1.82) is 0 Å². The first kappa shape index (κ1) is 14.2. The molecule has 1 unspecified atom stereocenters. The normalized spacial score (nSPS) is 13.6. The maximum atomic E-state index is 5.83. The SMILES string of the molecule is Cc1ccc(C(CN)N(C)CCCN(C)C)o1. The molecule has 0 radical (unpaired) electrons. The van der Waals surface area contributed by atoms with Crippen molar-refractivity contribution in [2.24, 2.45) is 5.73 Å². The van der Waals surface area contributed by atoms with Gasteiger partial charge in [0, 0.05) is 6.54 Å². The molecule has 2 N–H and O–H groups in total. The minimum atomic E-state index is 0.186. The maximum Gasteiger partial charge on any atom is 0.122 e. The van der Waals surface area contributed by atoms with Gasteiger partial charge in [-0.25, -0.2) is 0 Å². The summed E-state index contributed by atoms with van der Waals surface area (Å²) in [5.41, 5.74) is 5.83. The molecule has 0 aliphatic rings. The molecule has 0 spiro atoms. The fraction of sp³-hybridized carbons (Fsp3) is 0.692. The van der Waals surface area contributed by atoms with Crippen LogP contribution < -0.4 is 5.73 Å². The lowest BCUT2D eigenvalue weighted by atomic mass is 10.2. The molecule has 17 heavy (non-hydrogen) atoms. The summed E-state index contributed by atoms with van der Waals surface area (Å²) in [6.45, 7) is 4.67. The van der Waals surface area contributed by atoms with E-state index in [2.05, 4.69) is 30.9 Å². The highest BCUT2D eigenvalue weighted by Gasteiger charge is 2.18.